The van der Waals surface area contributed by atoms with E-state index in [4.69, 9.17) is 9.47 Å². The van der Waals surface area contributed by atoms with E-state index in [2.05, 4.69) is 10.2 Å². The molecule has 1 aromatic carbocycles. The van der Waals surface area contributed by atoms with Gasteiger partial charge >= 0.3 is 0 Å². The first-order valence-corrected chi connectivity index (χ1v) is 7.94. The first-order valence-electron chi connectivity index (χ1n) is 7.94. The normalized spacial score (nSPS) is 15.6. The van der Waals surface area contributed by atoms with Crippen LogP contribution in [0.2, 0.25) is 0 Å². The van der Waals surface area contributed by atoms with Crippen molar-refractivity contribution >= 4 is 5.91 Å². The van der Waals surface area contributed by atoms with Crippen molar-refractivity contribution in [3.63, 3.8) is 0 Å². The number of nitrogens with zero attached hydrogens (tertiary/aromatic N) is 1. The van der Waals surface area contributed by atoms with E-state index in [-0.39, 0.29) is 5.91 Å². The number of nitrogens with one attached hydrogen (secondary N) is 1. The van der Waals surface area contributed by atoms with Crippen molar-refractivity contribution in [2.75, 3.05) is 46.0 Å². The largest absolute Gasteiger partial charge is 0.494 e. The minimum atomic E-state index is -0.0168. The van der Waals surface area contributed by atoms with Gasteiger partial charge in [-0.05, 0) is 44.0 Å². The second kappa shape index (κ2) is 8.15. The van der Waals surface area contributed by atoms with Crippen molar-refractivity contribution in [3.05, 3.63) is 28.8 Å². The van der Waals surface area contributed by atoms with Gasteiger partial charge in [-0.3, -0.25) is 9.69 Å². The molecule has 22 heavy (non-hydrogen) atoms. The lowest BCUT2D eigenvalue weighted by Crippen LogP contribution is -2.41. The van der Waals surface area contributed by atoms with Crippen LogP contribution in [0.4, 0.5) is 0 Å². The zero-order chi connectivity index (χ0) is 15.9. The number of ether oxygens (including phenoxy) is 2. The van der Waals surface area contributed by atoms with Crippen LogP contribution in [-0.4, -0.2) is 56.8 Å². The Kier molecular flexibility index (Phi) is 6.21. The molecule has 122 valence electrons. The number of hydrogen-bond acceptors (Lipinski definition) is 4. The third kappa shape index (κ3) is 4.45. The summed E-state index contributed by atoms with van der Waals surface area (Å²) in [6.07, 6.45) is 0. The molecule has 0 saturated carbocycles. The fraction of sp³-hybridized carbons (Fsp3) is 0.588. The summed E-state index contributed by atoms with van der Waals surface area (Å²) >= 11 is 0. The summed E-state index contributed by atoms with van der Waals surface area (Å²) in [5, 5.41) is 3.00. The molecule has 0 atom stereocenters. The smallest absolute Gasteiger partial charge is 0.251 e. The number of amides is 1. The quantitative estimate of drug-likeness (QED) is 0.870. The van der Waals surface area contributed by atoms with E-state index in [0.29, 0.717) is 13.2 Å². The van der Waals surface area contributed by atoms with E-state index in [1.807, 2.05) is 32.9 Å². The Morgan fingerprint density at radius 2 is 2.00 bits per heavy atom. The number of carbonyl (C=O) groups excluding carboxylic acids is 1. The highest BCUT2D eigenvalue weighted by molar-refractivity contribution is 5.96. The zero-order valence-corrected chi connectivity index (χ0v) is 13.8. The van der Waals surface area contributed by atoms with Gasteiger partial charge in [-0.1, -0.05) is 0 Å². The Hall–Kier alpha value is -1.59. The van der Waals surface area contributed by atoms with Crippen molar-refractivity contribution in [1.82, 2.24) is 10.2 Å². The van der Waals surface area contributed by atoms with Crippen LogP contribution in [0.25, 0.3) is 0 Å². The van der Waals surface area contributed by atoms with Gasteiger partial charge in [0.25, 0.3) is 5.91 Å². The van der Waals surface area contributed by atoms with Gasteiger partial charge in [0.1, 0.15) is 5.75 Å². The van der Waals surface area contributed by atoms with E-state index < -0.39 is 0 Å². The van der Waals surface area contributed by atoms with Crippen LogP contribution in [-0.2, 0) is 4.74 Å². The Morgan fingerprint density at radius 1 is 1.27 bits per heavy atom. The molecule has 1 aliphatic heterocycles. The van der Waals surface area contributed by atoms with E-state index in [1.165, 1.54) is 0 Å². The predicted molar refractivity (Wildman–Crippen MR) is 86.7 cm³/mol. The average molecular weight is 306 g/mol. The third-order valence-corrected chi connectivity index (χ3v) is 3.88. The zero-order valence-electron chi connectivity index (χ0n) is 13.8. The average Bonchev–Trinajstić information content (AvgIpc) is 2.51. The number of benzene rings is 1. The molecule has 1 fully saturated rings. The molecule has 1 N–H and O–H groups in total. The molecule has 5 nitrogen and oxygen atoms in total. The van der Waals surface area contributed by atoms with E-state index in [1.54, 1.807) is 0 Å². The van der Waals surface area contributed by atoms with Gasteiger partial charge in [0.05, 0.1) is 19.8 Å². The lowest BCUT2D eigenvalue weighted by Gasteiger charge is -2.26. The minimum Gasteiger partial charge on any atom is -0.494 e. The minimum absolute atomic E-state index is 0.0168. The van der Waals surface area contributed by atoms with Crippen LogP contribution in [0.3, 0.4) is 0 Å². The molecule has 2 rings (SSSR count). The van der Waals surface area contributed by atoms with Crippen LogP contribution in [0.1, 0.15) is 28.4 Å². The molecule has 0 aromatic heterocycles. The lowest BCUT2D eigenvalue weighted by atomic mass is 10.0. The van der Waals surface area contributed by atoms with Crippen molar-refractivity contribution in [3.8, 4) is 5.75 Å². The molecule has 1 aliphatic rings. The first kappa shape index (κ1) is 16.8. The number of morpholine rings is 1. The molecule has 1 aromatic rings. The van der Waals surface area contributed by atoms with Crippen LogP contribution in [0, 0.1) is 13.8 Å². The van der Waals surface area contributed by atoms with E-state index >= 15 is 0 Å². The van der Waals surface area contributed by atoms with Gasteiger partial charge in [0.15, 0.2) is 0 Å². The van der Waals surface area contributed by atoms with Crippen molar-refractivity contribution in [2.24, 2.45) is 0 Å². The molecule has 0 bridgehead atoms. The fourth-order valence-corrected chi connectivity index (χ4v) is 2.59. The highest BCUT2D eigenvalue weighted by Crippen LogP contribution is 2.22. The molecule has 1 amide bonds. The molecule has 0 unspecified atom stereocenters. The third-order valence-electron chi connectivity index (χ3n) is 3.88. The second-order valence-electron chi connectivity index (χ2n) is 5.58. The first-order chi connectivity index (χ1) is 10.6. The maximum Gasteiger partial charge on any atom is 0.251 e. The standard InChI is InChI=1S/C17H26N2O3/c1-4-22-16-12-13(2)15(11-14(16)3)17(20)18-5-6-19-7-9-21-10-8-19/h11-12H,4-10H2,1-3H3,(H,18,20). The van der Waals surface area contributed by atoms with Crippen LogP contribution >= 0.6 is 0 Å². The van der Waals surface area contributed by atoms with Crippen LogP contribution in [0.15, 0.2) is 12.1 Å². The SMILES string of the molecule is CCOc1cc(C)c(C(=O)NCCN2CCOCC2)cc1C. The van der Waals surface area contributed by atoms with Crippen molar-refractivity contribution in [1.29, 1.82) is 0 Å². The summed E-state index contributed by atoms with van der Waals surface area (Å²) < 4.78 is 10.9. The van der Waals surface area contributed by atoms with Gasteiger partial charge in [-0.2, -0.15) is 0 Å². The van der Waals surface area contributed by atoms with Gasteiger partial charge in [0, 0.05) is 31.7 Å². The van der Waals surface area contributed by atoms with Crippen LogP contribution < -0.4 is 10.1 Å². The summed E-state index contributed by atoms with van der Waals surface area (Å²) in [7, 11) is 0. The number of hydrogen-bond donors (Lipinski definition) is 1. The molecule has 0 radical (unpaired) electrons. The summed E-state index contributed by atoms with van der Waals surface area (Å²) in [4.78, 5) is 14.6. The van der Waals surface area contributed by atoms with Gasteiger partial charge in [0.2, 0.25) is 0 Å². The molecule has 1 heterocycles. The molecule has 0 spiro atoms. The van der Waals surface area contributed by atoms with Gasteiger partial charge in [-0.25, -0.2) is 0 Å². The van der Waals surface area contributed by atoms with Crippen LogP contribution in [0.5, 0.6) is 5.75 Å². The Bertz CT molecular complexity index is 511. The molecular formula is C17H26N2O3. The number of carbonyl (C=O) groups is 1. The number of aryl methyl sites for hydroxylation is 2. The van der Waals surface area contributed by atoms with Gasteiger partial charge < -0.3 is 14.8 Å². The second-order valence-corrected chi connectivity index (χ2v) is 5.58. The van der Waals surface area contributed by atoms with E-state index in [9.17, 15) is 4.79 Å². The summed E-state index contributed by atoms with van der Waals surface area (Å²) in [6.45, 7) is 11.5. The fourth-order valence-electron chi connectivity index (χ4n) is 2.59. The predicted octanol–water partition coefficient (Wildman–Crippen LogP) is 1.76. The summed E-state index contributed by atoms with van der Waals surface area (Å²) in [6, 6.07) is 3.85. The topological polar surface area (TPSA) is 50.8 Å². The summed E-state index contributed by atoms with van der Waals surface area (Å²) in [5.74, 6) is 0.835. The highest BCUT2D eigenvalue weighted by atomic mass is 16.5. The lowest BCUT2D eigenvalue weighted by molar-refractivity contribution is 0.0383. The maximum atomic E-state index is 12.3. The monoisotopic (exact) mass is 306 g/mol. The van der Waals surface area contributed by atoms with E-state index in [0.717, 1.165) is 55.3 Å². The highest BCUT2D eigenvalue weighted by Gasteiger charge is 2.14. The van der Waals surface area contributed by atoms with Crippen molar-refractivity contribution < 1.29 is 14.3 Å². The molecule has 5 heteroatoms. The maximum absolute atomic E-state index is 12.3. The molecular weight excluding hydrogens is 280 g/mol. The van der Waals surface area contributed by atoms with Crippen molar-refractivity contribution in [2.45, 2.75) is 20.8 Å². The Morgan fingerprint density at radius 3 is 2.68 bits per heavy atom. The Labute approximate surface area is 132 Å². The summed E-state index contributed by atoms with van der Waals surface area (Å²) in [5.41, 5.74) is 2.66. The number of rotatable bonds is 6. The Balaban J connectivity index is 1.90. The van der Waals surface area contributed by atoms with Gasteiger partial charge in [-0.15, -0.1) is 0 Å². The molecule has 1 saturated heterocycles. The molecule has 0 aliphatic carbocycles.